The highest BCUT2D eigenvalue weighted by atomic mass is 35.5. The molecule has 15 heavy (non-hydrogen) atoms. The number of benzene rings is 1. The lowest BCUT2D eigenvalue weighted by Crippen LogP contribution is -2.09. The van der Waals surface area contributed by atoms with E-state index in [1.807, 2.05) is 0 Å². The summed E-state index contributed by atoms with van der Waals surface area (Å²) in [5.41, 5.74) is 5.32. The monoisotopic (exact) mass is 247 g/mol. The standard InChI is InChI=1S/C10H11ClFNOS/c11-8-6-7(3-4-9(8)12)14-5-1-2-10(13)15/h3-4,6H,1-2,5H2,(H2,13,15). The van der Waals surface area contributed by atoms with Crippen molar-refractivity contribution in [1.82, 2.24) is 0 Å². The third-order valence-electron chi connectivity index (χ3n) is 1.73. The fourth-order valence-electron chi connectivity index (χ4n) is 1.00. The molecule has 0 atom stereocenters. The van der Waals surface area contributed by atoms with Gasteiger partial charge in [0.25, 0.3) is 0 Å². The van der Waals surface area contributed by atoms with Crippen molar-refractivity contribution in [1.29, 1.82) is 0 Å². The van der Waals surface area contributed by atoms with E-state index < -0.39 is 5.82 Å². The third-order valence-corrected chi connectivity index (χ3v) is 2.22. The number of hydrogen-bond donors (Lipinski definition) is 1. The predicted molar refractivity (Wildman–Crippen MR) is 62.9 cm³/mol. The minimum absolute atomic E-state index is 0.0573. The fourth-order valence-corrected chi connectivity index (χ4v) is 1.32. The smallest absolute Gasteiger partial charge is 0.142 e. The first-order chi connectivity index (χ1) is 7.09. The number of halogens is 2. The Hall–Kier alpha value is -0.870. The lowest BCUT2D eigenvalue weighted by atomic mass is 10.3. The Morgan fingerprint density at radius 3 is 2.87 bits per heavy atom. The van der Waals surface area contributed by atoms with Crippen LogP contribution in [0, 0.1) is 5.82 Å². The molecule has 0 fully saturated rings. The molecular formula is C10H11ClFNOS. The number of rotatable bonds is 5. The molecule has 0 saturated heterocycles. The molecule has 1 aromatic rings. The quantitative estimate of drug-likeness (QED) is 0.642. The molecule has 5 heteroatoms. The Balaban J connectivity index is 2.38. The second-order valence-corrected chi connectivity index (χ2v) is 3.93. The van der Waals surface area contributed by atoms with Crippen molar-refractivity contribution in [2.45, 2.75) is 12.8 Å². The summed E-state index contributed by atoms with van der Waals surface area (Å²) >= 11 is 10.3. The van der Waals surface area contributed by atoms with Gasteiger partial charge in [0.15, 0.2) is 0 Å². The van der Waals surface area contributed by atoms with E-state index in [0.717, 1.165) is 6.42 Å². The van der Waals surface area contributed by atoms with E-state index in [1.165, 1.54) is 18.2 Å². The minimum Gasteiger partial charge on any atom is -0.494 e. The van der Waals surface area contributed by atoms with Gasteiger partial charge in [-0.25, -0.2) is 4.39 Å². The molecule has 0 bridgehead atoms. The summed E-state index contributed by atoms with van der Waals surface area (Å²) in [6, 6.07) is 4.24. The van der Waals surface area contributed by atoms with E-state index in [1.54, 1.807) is 0 Å². The maximum absolute atomic E-state index is 12.8. The highest BCUT2D eigenvalue weighted by Gasteiger charge is 2.01. The second kappa shape index (κ2) is 5.88. The maximum atomic E-state index is 12.8. The van der Waals surface area contributed by atoms with Gasteiger partial charge in [-0.2, -0.15) is 0 Å². The van der Waals surface area contributed by atoms with E-state index in [4.69, 9.17) is 34.3 Å². The summed E-state index contributed by atoms with van der Waals surface area (Å²) in [6.45, 7) is 0.485. The molecule has 0 spiro atoms. The van der Waals surface area contributed by atoms with Crippen LogP contribution in [0.5, 0.6) is 5.75 Å². The summed E-state index contributed by atoms with van der Waals surface area (Å²) < 4.78 is 18.1. The van der Waals surface area contributed by atoms with Crippen molar-refractivity contribution < 1.29 is 9.13 Å². The van der Waals surface area contributed by atoms with Crippen LogP contribution in [0.25, 0.3) is 0 Å². The first kappa shape index (κ1) is 12.2. The summed E-state index contributed by atoms with van der Waals surface area (Å²) in [4.78, 5) is 0.468. The number of hydrogen-bond acceptors (Lipinski definition) is 2. The topological polar surface area (TPSA) is 35.2 Å². The lowest BCUT2D eigenvalue weighted by molar-refractivity contribution is 0.313. The van der Waals surface area contributed by atoms with Crippen molar-refractivity contribution in [2.75, 3.05) is 6.61 Å². The van der Waals surface area contributed by atoms with Crippen LogP contribution in [0.3, 0.4) is 0 Å². The SMILES string of the molecule is NC(=S)CCCOc1ccc(F)c(Cl)c1. The third kappa shape index (κ3) is 4.44. The molecule has 0 unspecified atom stereocenters. The van der Waals surface area contributed by atoms with E-state index in [2.05, 4.69) is 0 Å². The maximum Gasteiger partial charge on any atom is 0.142 e. The zero-order valence-corrected chi connectivity index (χ0v) is 9.58. The molecular weight excluding hydrogens is 237 g/mol. The van der Waals surface area contributed by atoms with Crippen LogP contribution in [0.1, 0.15) is 12.8 Å². The van der Waals surface area contributed by atoms with Crippen molar-refractivity contribution in [3.05, 3.63) is 29.0 Å². The highest BCUT2D eigenvalue weighted by Crippen LogP contribution is 2.21. The highest BCUT2D eigenvalue weighted by molar-refractivity contribution is 7.80. The van der Waals surface area contributed by atoms with Gasteiger partial charge < -0.3 is 10.5 Å². The van der Waals surface area contributed by atoms with Gasteiger partial charge in [-0.1, -0.05) is 23.8 Å². The molecule has 0 aliphatic carbocycles. The van der Waals surface area contributed by atoms with Gasteiger partial charge in [0.2, 0.25) is 0 Å². The first-order valence-corrected chi connectivity index (χ1v) is 5.24. The Morgan fingerprint density at radius 2 is 2.27 bits per heavy atom. The molecule has 0 radical (unpaired) electrons. The summed E-state index contributed by atoms with van der Waals surface area (Å²) in [5, 5.41) is 0.0573. The fraction of sp³-hybridized carbons (Fsp3) is 0.300. The van der Waals surface area contributed by atoms with Crippen LogP contribution >= 0.6 is 23.8 Å². The van der Waals surface area contributed by atoms with Crippen molar-refractivity contribution in [3.63, 3.8) is 0 Å². The molecule has 2 N–H and O–H groups in total. The van der Waals surface area contributed by atoms with E-state index in [-0.39, 0.29) is 5.02 Å². The van der Waals surface area contributed by atoms with Crippen molar-refractivity contribution >= 4 is 28.8 Å². The van der Waals surface area contributed by atoms with Crippen molar-refractivity contribution in [2.24, 2.45) is 5.73 Å². The van der Waals surface area contributed by atoms with Crippen LogP contribution in [-0.2, 0) is 0 Å². The number of nitrogens with two attached hydrogens (primary N) is 1. The Labute approximate surface area is 98.2 Å². The van der Waals surface area contributed by atoms with Gasteiger partial charge in [-0.15, -0.1) is 0 Å². The Kier molecular flexibility index (Phi) is 4.78. The number of ether oxygens (including phenoxy) is 1. The molecule has 0 aliphatic rings. The van der Waals surface area contributed by atoms with E-state index in [9.17, 15) is 4.39 Å². The van der Waals surface area contributed by atoms with E-state index >= 15 is 0 Å². The van der Waals surface area contributed by atoms with Gasteiger partial charge >= 0.3 is 0 Å². The normalized spacial score (nSPS) is 10.0. The molecule has 0 heterocycles. The largest absolute Gasteiger partial charge is 0.494 e. The molecule has 0 aromatic heterocycles. The summed E-state index contributed by atoms with van der Waals surface area (Å²) in [6.07, 6.45) is 1.38. The van der Waals surface area contributed by atoms with Crippen LogP contribution < -0.4 is 10.5 Å². The molecule has 1 rings (SSSR count). The van der Waals surface area contributed by atoms with Crippen LogP contribution in [0.15, 0.2) is 18.2 Å². The molecule has 0 amide bonds. The summed E-state index contributed by atoms with van der Waals surface area (Å²) in [5.74, 6) is 0.0940. The average molecular weight is 248 g/mol. The van der Waals surface area contributed by atoms with Gasteiger partial charge in [-0.05, 0) is 18.6 Å². The van der Waals surface area contributed by atoms with Crippen LogP contribution in [-0.4, -0.2) is 11.6 Å². The zero-order valence-electron chi connectivity index (χ0n) is 8.00. The Bertz CT molecular complexity index is 359. The summed E-state index contributed by atoms with van der Waals surface area (Å²) in [7, 11) is 0. The molecule has 82 valence electrons. The molecule has 2 nitrogen and oxygen atoms in total. The predicted octanol–water partition coefficient (Wildman–Crippen LogP) is 2.92. The molecule has 1 aromatic carbocycles. The zero-order chi connectivity index (χ0) is 11.3. The number of thiocarbonyl (C=S) groups is 1. The average Bonchev–Trinajstić information content (AvgIpc) is 2.18. The first-order valence-electron chi connectivity index (χ1n) is 4.46. The Morgan fingerprint density at radius 1 is 1.53 bits per heavy atom. The van der Waals surface area contributed by atoms with Crippen LogP contribution in [0.2, 0.25) is 5.02 Å². The molecule has 0 aliphatic heterocycles. The van der Waals surface area contributed by atoms with Gasteiger partial charge in [0.05, 0.1) is 16.6 Å². The molecule has 0 saturated carbocycles. The van der Waals surface area contributed by atoms with Gasteiger partial charge in [-0.3, -0.25) is 0 Å². The van der Waals surface area contributed by atoms with Crippen molar-refractivity contribution in [3.8, 4) is 5.75 Å². The van der Waals surface area contributed by atoms with E-state index in [0.29, 0.717) is 23.8 Å². The van der Waals surface area contributed by atoms with Gasteiger partial charge in [0, 0.05) is 12.5 Å². The second-order valence-electron chi connectivity index (χ2n) is 2.99. The van der Waals surface area contributed by atoms with Crippen LogP contribution in [0.4, 0.5) is 4.39 Å². The lowest BCUT2D eigenvalue weighted by Gasteiger charge is -2.06. The van der Waals surface area contributed by atoms with Gasteiger partial charge in [0.1, 0.15) is 11.6 Å². The minimum atomic E-state index is -0.452.